The van der Waals surface area contributed by atoms with E-state index in [1.54, 1.807) is 4.57 Å². The number of nitrogens with two attached hydrogens (primary N) is 1. The van der Waals surface area contributed by atoms with Crippen molar-refractivity contribution in [1.29, 1.82) is 0 Å². The number of H-pyrrole nitrogens is 1. The Hall–Kier alpha value is -2.48. The van der Waals surface area contributed by atoms with Gasteiger partial charge in [-0.3, -0.25) is 0 Å². The van der Waals surface area contributed by atoms with E-state index in [1.165, 1.54) is 6.21 Å². The highest BCUT2D eigenvalue weighted by molar-refractivity contribution is 7.11. The van der Waals surface area contributed by atoms with Crippen LogP contribution in [0, 0.1) is 6.92 Å². The molecule has 3 N–H and O–H groups in total. The van der Waals surface area contributed by atoms with Crippen LogP contribution < -0.4 is 20.3 Å². The third kappa shape index (κ3) is 3.26. The quantitative estimate of drug-likeness (QED) is 0.326. The molecule has 0 aliphatic carbocycles. The first-order valence-corrected chi connectivity index (χ1v) is 6.13. The smallest absolute Gasteiger partial charge is 0.390 e. The summed E-state index contributed by atoms with van der Waals surface area (Å²) in [7, 11) is 0. The van der Waals surface area contributed by atoms with Gasteiger partial charge in [0, 0.05) is 0 Å². The van der Waals surface area contributed by atoms with Crippen molar-refractivity contribution in [3.63, 3.8) is 0 Å². The van der Waals surface area contributed by atoms with E-state index in [9.17, 15) is 9.90 Å². The SMILES string of the molecule is Cc1cc[n+](-c2[nH]c(=O)sc2/C=N\N=C(\N)[O-])cc1. The molecule has 2 rings (SSSR count). The molecule has 0 saturated heterocycles. The molecule has 0 atom stereocenters. The molecule has 0 radical (unpaired) electrons. The lowest BCUT2D eigenvalue weighted by Crippen LogP contribution is -2.31. The largest absolute Gasteiger partial charge is 0.845 e. The maximum absolute atomic E-state index is 11.4. The minimum absolute atomic E-state index is 0.219. The van der Waals surface area contributed by atoms with Gasteiger partial charge in [-0.15, -0.1) is 5.10 Å². The van der Waals surface area contributed by atoms with Gasteiger partial charge in [0.05, 0.1) is 24.6 Å². The number of hydrogen-bond acceptors (Lipinski definition) is 5. The zero-order valence-electron chi connectivity index (χ0n) is 10.0. The predicted octanol–water partition coefficient (Wildman–Crippen LogP) is -0.970. The van der Waals surface area contributed by atoms with Crippen molar-refractivity contribution in [1.82, 2.24) is 4.98 Å². The molecule has 0 unspecified atom stereocenters. The maximum Gasteiger partial charge on any atom is 0.390 e. The van der Waals surface area contributed by atoms with Gasteiger partial charge >= 0.3 is 10.7 Å². The summed E-state index contributed by atoms with van der Waals surface area (Å²) in [6.07, 6.45) is 4.95. The van der Waals surface area contributed by atoms with Gasteiger partial charge in [-0.1, -0.05) is 0 Å². The lowest BCUT2D eigenvalue weighted by atomic mass is 10.3. The van der Waals surface area contributed by atoms with Crippen molar-refractivity contribution in [2.24, 2.45) is 15.9 Å². The molecule has 19 heavy (non-hydrogen) atoms. The highest BCUT2D eigenvalue weighted by Crippen LogP contribution is 2.06. The van der Waals surface area contributed by atoms with Gasteiger partial charge < -0.3 is 10.8 Å². The number of nitrogens with one attached hydrogen (secondary N) is 1. The van der Waals surface area contributed by atoms with E-state index in [1.807, 2.05) is 31.5 Å². The molecule has 0 aromatic carbocycles. The highest BCUT2D eigenvalue weighted by Gasteiger charge is 2.15. The molecular formula is C11H11N5O2S. The Labute approximate surface area is 112 Å². The minimum Gasteiger partial charge on any atom is -0.845 e. The van der Waals surface area contributed by atoms with Gasteiger partial charge in [0.2, 0.25) is 0 Å². The third-order valence-corrected chi connectivity index (χ3v) is 3.05. The number of hydrogen-bond donors (Lipinski definition) is 2. The average Bonchev–Trinajstić information content (AvgIpc) is 2.71. The lowest BCUT2D eigenvalue weighted by molar-refractivity contribution is -0.599. The van der Waals surface area contributed by atoms with E-state index >= 15 is 0 Å². The number of rotatable bonds is 3. The molecule has 7 nitrogen and oxygen atoms in total. The van der Waals surface area contributed by atoms with Gasteiger partial charge in [-0.05, 0) is 36.0 Å². The Balaban J connectivity index is 2.41. The van der Waals surface area contributed by atoms with Crippen molar-refractivity contribution >= 4 is 23.6 Å². The Bertz CT molecular complexity index is 680. The number of nitrogens with zero attached hydrogens (tertiary/aromatic N) is 3. The summed E-state index contributed by atoms with van der Waals surface area (Å²) in [4.78, 5) is 14.4. The molecule has 0 spiro atoms. The van der Waals surface area contributed by atoms with Crippen molar-refractivity contribution in [3.8, 4) is 5.82 Å². The van der Waals surface area contributed by atoms with E-state index in [0.717, 1.165) is 16.9 Å². The summed E-state index contributed by atoms with van der Waals surface area (Å²) < 4.78 is 1.75. The maximum atomic E-state index is 11.4. The van der Waals surface area contributed by atoms with Crippen LogP contribution in [0.5, 0.6) is 0 Å². The van der Waals surface area contributed by atoms with Crippen LogP contribution in [0.2, 0.25) is 0 Å². The summed E-state index contributed by atoms with van der Waals surface area (Å²) in [5, 5.41) is 17.1. The number of aromatic amines is 1. The minimum atomic E-state index is -0.885. The third-order valence-electron chi connectivity index (χ3n) is 2.24. The van der Waals surface area contributed by atoms with Crippen LogP contribution in [-0.4, -0.2) is 17.2 Å². The molecule has 0 bridgehead atoms. The molecule has 2 aromatic rings. The van der Waals surface area contributed by atoms with Crippen LogP contribution >= 0.6 is 11.3 Å². The molecule has 0 aliphatic heterocycles. The predicted molar refractivity (Wildman–Crippen MR) is 70.4 cm³/mol. The number of thiazole rings is 1. The molecule has 0 saturated carbocycles. The summed E-state index contributed by atoms with van der Waals surface area (Å²) in [5.41, 5.74) is 5.94. The van der Waals surface area contributed by atoms with Crippen LogP contribution in [-0.2, 0) is 0 Å². The first kappa shape index (κ1) is 13.0. The van der Waals surface area contributed by atoms with E-state index in [-0.39, 0.29) is 4.87 Å². The zero-order chi connectivity index (χ0) is 13.8. The van der Waals surface area contributed by atoms with Crippen LogP contribution in [0.1, 0.15) is 10.4 Å². The fourth-order valence-electron chi connectivity index (χ4n) is 1.40. The monoisotopic (exact) mass is 277 g/mol. The van der Waals surface area contributed by atoms with E-state index in [4.69, 9.17) is 5.73 Å². The van der Waals surface area contributed by atoms with Crippen molar-refractivity contribution in [2.75, 3.05) is 0 Å². The molecule has 0 aliphatic rings. The number of aryl methyl sites for hydroxylation is 1. The second-order valence-electron chi connectivity index (χ2n) is 3.69. The zero-order valence-corrected chi connectivity index (χ0v) is 10.8. The molecule has 2 aromatic heterocycles. The van der Waals surface area contributed by atoms with Gasteiger partial charge in [0.25, 0.3) is 0 Å². The van der Waals surface area contributed by atoms with E-state index in [0.29, 0.717) is 10.7 Å². The Kier molecular flexibility index (Phi) is 3.71. The standard InChI is InChI=1S/C11H11N5O2S/c1-7-2-4-16(5-3-7)9-8(19-11(18)14-9)6-13-15-10(12)17/h2-6H,1H3,(H3-,12,13,14,15,17,18). The molecule has 8 heteroatoms. The second-order valence-corrected chi connectivity index (χ2v) is 4.71. The Morgan fingerprint density at radius 3 is 2.84 bits per heavy atom. The molecule has 0 fully saturated rings. The fourth-order valence-corrected chi connectivity index (χ4v) is 2.10. The summed E-state index contributed by atoms with van der Waals surface area (Å²) >= 11 is 0.972. The Morgan fingerprint density at radius 1 is 1.53 bits per heavy atom. The topological polar surface area (TPSA) is 111 Å². The molecule has 0 amide bonds. The number of amidine groups is 1. The van der Waals surface area contributed by atoms with Gasteiger partial charge in [0.1, 0.15) is 4.88 Å². The summed E-state index contributed by atoms with van der Waals surface area (Å²) in [6.45, 7) is 1.97. The highest BCUT2D eigenvalue weighted by atomic mass is 32.1. The van der Waals surface area contributed by atoms with Crippen LogP contribution in [0.4, 0.5) is 0 Å². The fraction of sp³-hybridized carbons (Fsp3) is 0.0909. The molecule has 98 valence electrons. The molecular weight excluding hydrogens is 266 g/mol. The van der Waals surface area contributed by atoms with Gasteiger partial charge in [0.15, 0.2) is 0 Å². The average molecular weight is 277 g/mol. The van der Waals surface area contributed by atoms with Gasteiger partial charge in [-0.25, -0.2) is 9.36 Å². The van der Waals surface area contributed by atoms with Crippen molar-refractivity contribution < 1.29 is 9.67 Å². The van der Waals surface area contributed by atoms with E-state index in [2.05, 4.69) is 15.2 Å². The number of aromatic nitrogens is 2. The number of pyridine rings is 1. The Morgan fingerprint density at radius 2 is 2.21 bits per heavy atom. The lowest BCUT2D eigenvalue weighted by Gasteiger charge is -1.97. The first-order chi connectivity index (χ1) is 9.06. The van der Waals surface area contributed by atoms with E-state index < -0.39 is 6.02 Å². The van der Waals surface area contributed by atoms with Crippen molar-refractivity contribution in [2.45, 2.75) is 6.92 Å². The summed E-state index contributed by atoms with van der Waals surface area (Å²) in [6, 6.07) is 2.93. The van der Waals surface area contributed by atoms with Gasteiger partial charge in [-0.2, -0.15) is 10.1 Å². The normalized spacial score (nSPS) is 12.2. The molecule has 2 heterocycles. The van der Waals surface area contributed by atoms with Crippen LogP contribution in [0.15, 0.2) is 39.5 Å². The first-order valence-electron chi connectivity index (χ1n) is 5.31. The second kappa shape index (κ2) is 5.44. The van der Waals surface area contributed by atoms with Crippen LogP contribution in [0.25, 0.3) is 5.82 Å². The summed E-state index contributed by atoms with van der Waals surface area (Å²) in [5.74, 6) is 0.568. The van der Waals surface area contributed by atoms with Crippen molar-refractivity contribution in [3.05, 3.63) is 44.6 Å². The van der Waals surface area contributed by atoms with Crippen LogP contribution in [0.3, 0.4) is 0 Å².